The van der Waals surface area contributed by atoms with Crippen LogP contribution in [0.3, 0.4) is 0 Å². The van der Waals surface area contributed by atoms with Crippen molar-refractivity contribution in [3.05, 3.63) is 51.2 Å². The van der Waals surface area contributed by atoms with Gasteiger partial charge in [-0.05, 0) is 18.2 Å². The van der Waals surface area contributed by atoms with Crippen molar-refractivity contribution in [3.63, 3.8) is 0 Å². The molecule has 1 heterocycles. The zero-order chi connectivity index (χ0) is 14.7. The minimum Gasteiger partial charge on any atom is -0.355 e. The van der Waals surface area contributed by atoms with Gasteiger partial charge in [-0.3, -0.25) is 4.79 Å². The molecule has 0 bridgehead atoms. The second-order valence-corrected chi connectivity index (χ2v) is 5.11. The largest absolute Gasteiger partial charge is 0.355 e. The maximum atomic E-state index is 11.8. The van der Waals surface area contributed by atoms with Crippen LogP contribution in [0.2, 0.25) is 15.2 Å². The molecule has 2 aromatic rings. The maximum Gasteiger partial charge on any atom is 0.253 e. The average Bonchev–Trinajstić information content (AvgIpc) is 2.43. The van der Waals surface area contributed by atoms with E-state index in [1.165, 1.54) is 6.20 Å². The van der Waals surface area contributed by atoms with E-state index in [9.17, 15) is 4.79 Å². The predicted octanol–water partition coefficient (Wildman–Crippen LogP) is 4.15. The quantitative estimate of drug-likeness (QED) is 0.831. The van der Waals surface area contributed by atoms with Gasteiger partial charge in [0.1, 0.15) is 5.15 Å². The molecule has 0 fully saturated rings. The maximum absolute atomic E-state index is 11.8. The molecule has 20 heavy (non-hydrogen) atoms. The molecule has 1 aromatic carbocycles. The molecule has 104 valence electrons. The molecule has 0 aliphatic carbocycles. The van der Waals surface area contributed by atoms with E-state index < -0.39 is 0 Å². The lowest BCUT2D eigenvalue weighted by Gasteiger charge is -2.13. The molecule has 7 heteroatoms. The molecule has 0 aliphatic rings. The number of nitrogens with one attached hydrogen (secondary N) is 2. The topological polar surface area (TPSA) is 54.0 Å². The Morgan fingerprint density at radius 2 is 1.90 bits per heavy atom. The van der Waals surface area contributed by atoms with Crippen LogP contribution in [0.5, 0.6) is 0 Å². The molecule has 0 unspecified atom stereocenters. The van der Waals surface area contributed by atoms with Crippen LogP contribution >= 0.6 is 34.8 Å². The summed E-state index contributed by atoms with van der Waals surface area (Å²) < 4.78 is 0. The molecule has 0 saturated heterocycles. The van der Waals surface area contributed by atoms with Gasteiger partial charge >= 0.3 is 0 Å². The molecule has 0 spiro atoms. The first-order valence-electron chi connectivity index (χ1n) is 5.61. The molecule has 0 radical (unpaired) electrons. The fourth-order valence-corrected chi connectivity index (χ4v) is 2.08. The Bertz CT molecular complexity index is 661. The molecule has 2 N–H and O–H groups in total. The number of carbonyl (C=O) groups is 1. The van der Waals surface area contributed by atoms with Crippen LogP contribution in [0, 0.1) is 0 Å². The lowest BCUT2D eigenvalue weighted by Crippen LogP contribution is -2.19. The van der Waals surface area contributed by atoms with E-state index in [0.29, 0.717) is 32.1 Å². The molecule has 1 amide bonds. The van der Waals surface area contributed by atoms with Crippen LogP contribution in [0.15, 0.2) is 30.5 Å². The van der Waals surface area contributed by atoms with Crippen LogP contribution in [-0.4, -0.2) is 17.9 Å². The SMILES string of the molecule is CNC(=O)c1cc(Cl)ccc1Nc1cc(Cl)ncc1Cl. The molecule has 0 atom stereocenters. The number of anilines is 2. The molecular weight excluding hydrogens is 321 g/mol. The van der Waals surface area contributed by atoms with E-state index in [1.54, 1.807) is 31.3 Å². The van der Waals surface area contributed by atoms with Crippen LogP contribution in [0.4, 0.5) is 11.4 Å². The third-order valence-corrected chi connectivity index (χ3v) is 3.29. The van der Waals surface area contributed by atoms with Crippen LogP contribution < -0.4 is 10.6 Å². The first-order valence-corrected chi connectivity index (χ1v) is 6.74. The molecule has 2 rings (SSSR count). The van der Waals surface area contributed by atoms with Gasteiger partial charge < -0.3 is 10.6 Å². The summed E-state index contributed by atoms with van der Waals surface area (Å²) in [6.07, 6.45) is 1.43. The third-order valence-electron chi connectivity index (χ3n) is 2.54. The molecule has 0 saturated carbocycles. The van der Waals surface area contributed by atoms with Gasteiger partial charge in [0.25, 0.3) is 5.91 Å². The number of hydrogen-bond acceptors (Lipinski definition) is 3. The van der Waals surface area contributed by atoms with Gasteiger partial charge in [-0.1, -0.05) is 34.8 Å². The molecule has 4 nitrogen and oxygen atoms in total. The first-order chi connectivity index (χ1) is 9.51. The molecular formula is C13H10Cl3N3O. The number of aromatic nitrogens is 1. The highest BCUT2D eigenvalue weighted by molar-refractivity contribution is 6.34. The Morgan fingerprint density at radius 1 is 1.15 bits per heavy atom. The number of amides is 1. The van der Waals surface area contributed by atoms with E-state index in [1.807, 2.05) is 0 Å². The number of carbonyl (C=O) groups excluding carboxylic acids is 1. The van der Waals surface area contributed by atoms with Gasteiger partial charge in [-0.25, -0.2) is 4.98 Å². The van der Waals surface area contributed by atoms with Gasteiger partial charge in [0.2, 0.25) is 0 Å². The van der Waals surface area contributed by atoms with E-state index in [4.69, 9.17) is 34.8 Å². The van der Waals surface area contributed by atoms with Gasteiger partial charge in [0, 0.05) is 24.3 Å². The average molecular weight is 331 g/mol. The number of nitrogens with zero attached hydrogens (tertiary/aromatic N) is 1. The second kappa shape index (κ2) is 6.31. The molecule has 0 aliphatic heterocycles. The first kappa shape index (κ1) is 14.9. The Kier molecular flexibility index (Phi) is 4.70. The predicted molar refractivity (Wildman–Crippen MR) is 82.4 cm³/mol. The van der Waals surface area contributed by atoms with Crippen LogP contribution in [0.1, 0.15) is 10.4 Å². The van der Waals surface area contributed by atoms with E-state index in [-0.39, 0.29) is 5.91 Å². The van der Waals surface area contributed by atoms with Crippen molar-refractivity contribution in [3.8, 4) is 0 Å². The van der Waals surface area contributed by atoms with Crippen molar-refractivity contribution in [2.75, 3.05) is 12.4 Å². The summed E-state index contributed by atoms with van der Waals surface area (Å²) in [4.78, 5) is 15.7. The fraction of sp³-hybridized carbons (Fsp3) is 0.0769. The summed E-state index contributed by atoms with van der Waals surface area (Å²) >= 11 is 17.8. The minimum absolute atomic E-state index is 0.258. The smallest absolute Gasteiger partial charge is 0.253 e. The van der Waals surface area contributed by atoms with E-state index >= 15 is 0 Å². The van der Waals surface area contributed by atoms with Gasteiger partial charge in [-0.2, -0.15) is 0 Å². The third kappa shape index (κ3) is 3.33. The lowest BCUT2D eigenvalue weighted by atomic mass is 10.1. The van der Waals surface area contributed by atoms with Crippen molar-refractivity contribution in [2.45, 2.75) is 0 Å². The number of pyridine rings is 1. The van der Waals surface area contributed by atoms with Crippen LogP contribution in [0.25, 0.3) is 0 Å². The summed E-state index contributed by atoms with van der Waals surface area (Å²) in [6, 6.07) is 6.51. The Morgan fingerprint density at radius 3 is 2.60 bits per heavy atom. The summed E-state index contributed by atoms with van der Waals surface area (Å²) in [5.41, 5.74) is 1.53. The van der Waals surface area contributed by atoms with E-state index in [0.717, 1.165) is 0 Å². The monoisotopic (exact) mass is 329 g/mol. The number of hydrogen-bond donors (Lipinski definition) is 2. The zero-order valence-electron chi connectivity index (χ0n) is 10.4. The highest BCUT2D eigenvalue weighted by atomic mass is 35.5. The van der Waals surface area contributed by atoms with Gasteiger partial charge in [-0.15, -0.1) is 0 Å². The Hall–Kier alpha value is -1.49. The highest BCUT2D eigenvalue weighted by Gasteiger charge is 2.12. The summed E-state index contributed by atoms with van der Waals surface area (Å²) in [7, 11) is 1.54. The normalized spacial score (nSPS) is 10.2. The molecule has 1 aromatic heterocycles. The van der Waals surface area contributed by atoms with Crippen molar-refractivity contribution in [2.24, 2.45) is 0 Å². The standard InChI is InChI=1S/C13H10Cl3N3O/c1-17-13(20)8-4-7(14)2-3-10(8)19-11-5-12(16)18-6-9(11)15/h2-6H,1H3,(H,17,20)(H,18,19). The number of rotatable bonds is 3. The summed E-state index contributed by atoms with van der Waals surface area (Å²) in [5, 5.41) is 6.76. The van der Waals surface area contributed by atoms with E-state index in [2.05, 4.69) is 15.6 Å². The van der Waals surface area contributed by atoms with Crippen molar-refractivity contribution in [1.82, 2.24) is 10.3 Å². The second-order valence-electron chi connectivity index (χ2n) is 3.88. The lowest BCUT2D eigenvalue weighted by molar-refractivity contribution is 0.0964. The summed E-state index contributed by atoms with van der Waals surface area (Å²) in [5.74, 6) is -0.258. The minimum atomic E-state index is -0.258. The Balaban J connectivity index is 2.43. The summed E-state index contributed by atoms with van der Waals surface area (Å²) in [6.45, 7) is 0. The Labute approximate surface area is 131 Å². The highest BCUT2D eigenvalue weighted by Crippen LogP contribution is 2.29. The number of halogens is 3. The van der Waals surface area contributed by atoms with Crippen molar-refractivity contribution >= 4 is 52.1 Å². The van der Waals surface area contributed by atoms with Gasteiger partial charge in [0.15, 0.2) is 0 Å². The van der Waals surface area contributed by atoms with Crippen molar-refractivity contribution in [1.29, 1.82) is 0 Å². The van der Waals surface area contributed by atoms with Crippen molar-refractivity contribution < 1.29 is 4.79 Å². The van der Waals surface area contributed by atoms with Crippen LogP contribution in [-0.2, 0) is 0 Å². The fourth-order valence-electron chi connectivity index (χ4n) is 1.60. The zero-order valence-corrected chi connectivity index (χ0v) is 12.6. The number of benzene rings is 1. The van der Waals surface area contributed by atoms with Gasteiger partial charge in [0.05, 0.1) is 22.0 Å².